The number of benzodiazepines with no additional fused rings is 1. The number of benzene rings is 3. The monoisotopic (exact) mass is 542 g/mol. The Morgan fingerprint density at radius 1 is 1.05 bits per heavy atom. The molecule has 0 unspecified atom stereocenters. The molecule has 0 saturated heterocycles. The van der Waals surface area contributed by atoms with Gasteiger partial charge in [0, 0.05) is 29.8 Å². The van der Waals surface area contributed by atoms with Crippen LogP contribution in [0.5, 0.6) is 5.88 Å². The first-order valence-corrected chi connectivity index (χ1v) is 12.7. The number of aliphatic imine (C=N–C) groups is 1. The number of carbonyl (C=O) groups excluding carboxylic acids is 2. The summed E-state index contributed by atoms with van der Waals surface area (Å²) in [7, 11) is 0. The van der Waals surface area contributed by atoms with E-state index >= 15 is 0 Å². The standard InChI is InChI=1S/C29H24F2N6O3/c1-16-14-15-37-29(40-16)22(25(36-37)32-19-12-10-18(30)11-13-19)27(38)35-26-28(39)34-24-20(8-5-9-21(24)31)23(33-26)17-6-3-2-4-7-17/h2-13,16,26H,14-15H2,1H3,(H,32,36)(H,34,39)(H,35,38)/t16-,26-/m1/s1. The molecule has 0 radical (unpaired) electrons. The van der Waals surface area contributed by atoms with Crippen LogP contribution >= 0.6 is 0 Å². The van der Waals surface area contributed by atoms with Crippen molar-refractivity contribution in [2.24, 2.45) is 4.99 Å². The highest BCUT2D eigenvalue weighted by molar-refractivity contribution is 6.20. The molecule has 2 aliphatic heterocycles. The van der Waals surface area contributed by atoms with Gasteiger partial charge in [-0.1, -0.05) is 42.5 Å². The molecule has 6 rings (SSSR count). The number of hydrogen-bond donors (Lipinski definition) is 3. The maximum Gasteiger partial charge on any atom is 0.269 e. The van der Waals surface area contributed by atoms with E-state index in [-0.39, 0.29) is 29.1 Å². The van der Waals surface area contributed by atoms with Crippen LogP contribution in [-0.4, -0.2) is 39.6 Å². The van der Waals surface area contributed by atoms with Crippen LogP contribution in [0.1, 0.15) is 34.8 Å². The summed E-state index contributed by atoms with van der Waals surface area (Å²) < 4.78 is 35.8. The summed E-state index contributed by atoms with van der Waals surface area (Å²) in [5.74, 6) is -2.02. The minimum absolute atomic E-state index is 0.0226. The number of hydrogen-bond acceptors (Lipinski definition) is 6. The van der Waals surface area contributed by atoms with Crippen molar-refractivity contribution in [2.75, 3.05) is 10.6 Å². The average Bonchev–Trinajstić information content (AvgIpc) is 3.23. The molecule has 2 atom stereocenters. The summed E-state index contributed by atoms with van der Waals surface area (Å²) in [6.07, 6.45) is -0.883. The summed E-state index contributed by atoms with van der Waals surface area (Å²) in [4.78, 5) is 31.6. The van der Waals surface area contributed by atoms with E-state index in [0.717, 1.165) is 0 Å². The molecule has 3 heterocycles. The van der Waals surface area contributed by atoms with Crippen molar-refractivity contribution in [3.05, 3.63) is 101 Å². The van der Waals surface area contributed by atoms with Gasteiger partial charge in [0.1, 0.15) is 17.2 Å². The molecule has 9 nitrogen and oxygen atoms in total. The minimum Gasteiger partial charge on any atom is -0.474 e. The van der Waals surface area contributed by atoms with Crippen LogP contribution in [0.2, 0.25) is 0 Å². The summed E-state index contributed by atoms with van der Waals surface area (Å²) in [5, 5.41) is 12.8. The highest BCUT2D eigenvalue weighted by Crippen LogP contribution is 2.33. The Labute approximate surface area is 227 Å². The van der Waals surface area contributed by atoms with Crippen LogP contribution in [0.3, 0.4) is 0 Å². The van der Waals surface area contributed by atoms with Crippen LogP contribution in [-0.2, 0) is 11.3 Å². The van der Waals surface area contributed by atoms with E-state index in [4.69, 9.17) is 4.74 Å². The van der Waals surface area contributed by atoms with Crippen LogP contribution in [0.4, 0.5) is 26.0 Å². The third kappa shape index (κ3) is 4.77. The van der Waals surface area contributed by atoms with Gasteiger partial charge < -0.3 is 20.7 Å². The number of rotatable bonds is 5. The second-order valence-corrected chi connectivity index (χ2v) is 9.47. The Hall–Kier alpha value is -5.06. The van der Waals surface area contributed by atoms with Crippen molar-refractivity contribution in [3.63, 3.8) is 0 Å². The Morgan fingerprint density at radius 2 is 1.82 bits per heavy atom. The van der Waals surface area contributed by atoms with Crippen LogP contribution in [0.15, 0.2) is 77.8 Å². The number of aryl methyl sites for hydroxylation is 1. The molecule has 2 amide bonds. The van der Waals surface area contributed by atoms with Crippen molar-refractivity contribution >= 4 is 34.7 Å². The normalized spacial score (nSPS) is 17.9. The number of anilines is 3. The van der Waals surface area contributed by atoms with Gasteiger partial charge in [-0.25, -0.2) is 18.5 Å². The first kappa shape index (κ1) is 25.2. The molecule has 0 saturated carbocycles. The second kappa shape index (κ2) is 10.3. The molecular formula is C29H24F2N6O3. The van der Waals surface area contributed by atoms with E-state index in [1.54, 1.807) is 35.0 Å². The lowest BCUT2D eigenvalue weighted by molar-refractivity contribution is -0.117. The molecule has 11 heteroatoms. The predicted molar refractivity (Wildman–Crippen MR) is 145 cm³/mol. The number of nitrogens with one attached hydrogen (secondary N) is 3. The summed E-state index contributed by atoms with van der Waals surface area (Å²) in [6, 6.07) is 19.0. The summed E-state index contributed by atoms with van der Waals surface area (Å²) in [5.41, 5.74) is 1.91. The van der Waals surface area contributed by atoms with E-state index < -0.39 is 29.6 Å². The molecule has 40 heavy (non-hydrogen) atoms. The first-order valence-electron chi connectivity index (χ1n) is 12.7. The van der Waals surface area contributed by atoms with Gasteiger partial charge in [0.25, 0.3) is 11.8 Å². The lowest BCUT2D eigenvalue weighted by Crippen LogP contribution is -2.42. The van der Waals surface area contributed by atoms with Crippen molar-refractivity contribution in [2.45, 2.75) is 32.2 Å². The summed E-state index contributed by atoms with van der Waals surface area (Å²) >= 11 is 0. The Kier molecular flexibility index (Phi) is 6.47. The van der Waals surface area contributed by atoms with E-state index in [9.17, 15) is 18.4 Å². The molecule has 0 fully saturated rings. The number of amides is 2. The van der Waals surface area contributed by atoms with E-state index in [1.165, 1.54) is 36.4 Å². The number of fused-ring (bicyclic) bond motifs is 2. The highest BCUT2D eigenvalue weighted by Gasteiger charge is 2.34. The van der Waals surface area contributed by atoms with Crippen LogP contribution in [0, 0.1) is 11.6 Å². The molecular weight excluding hydrogens is 518 g/mol. The van der Waals surface area contributed by atoms with Gasteiger partial charge in [0.05, 0.1) is 17.5 Å². The summed E-state index contributed by atoms with van der Waals surface area (Å²) in [6.45, 7) is 2.39. The fraction of sp³-hybridized carbons (Fsp3) is 0.172. The zero-order valence-corrected chi connectivity index (χ0v) is 21.3. The smallest absolute Gasteiger partial charge is 0.269 e. The third-order valence-corrected chi connectivity index (χ3v) is 6.64. The SMILES string of the molecule is C[C@@H]1CCn2nc(Nc3ccc(F)cc3)c(C(=O)N[C@H]3N=C(c4ccccc4)c4cccc(F)c4NC3=O)c2O1. The fourth-order valence-corrected chi connectivity index (χ4v) is 4.65. The molecule has 0 spiro atoms. The molecule has 202 valence electrons. The Bertz CT molecular complexity index is 1640. The van der Waals surface area contributed by atoms with Crippen molar-refractivity contribution in [1.29, 1.82) is 0 Å². The van der Waals surface area contributed by atoms with Crippen molar-refractivity contribution < 1.29 is 23.1 Å². The van der Waals surface area contributed by atoms with Crippen molar-refractivity contribution in [1.82, 2.24) is 15.1 Å². The zero-order chi connectivity index (χ0) is 27.8. The van der Waals surface area contributed by atoms with E-state index in [0.29, 0.717) is 35.5 Å². The predicted octanol–water partition coefficient (Wildman–Crippen LogP) is 4.62. The number of para-hydroxylation sites is 1. The maximum absolute atomic E-state index is 14.8. The molecule has 4 aromatic rings. The first-order chi connectivity index (χ1) is 19.4. The minimum atomic E-state index is -1.40. The van der Waals surface area contributed by atoms with Gasteiger partial charge in [-0.2, -0.15) is 5.10 Å². The maximum atomic E-state index is 14.8. The lowest BCUT2D eigenvalue weighted by atomic mass is 10.0. The van der Waals surface area contributed by atoms with Gasteiger partial charge in [-0.15, -0.1) is 0 Å². The number of ether oxygens (including phenoxy) is 1. The Morgan fingerprint density at radius 3 is 2.60 bits per heavy atom. The van der Waals surface area contributed by atoms with Crippen molar-refractivity contribution in [3.8, 4) is 5.88 Å². The lowest BCUT2D eigenvalue weighted by Gasteiger charge is -2.22. The fourth-order valence-electron chi connectivity index (χ4n) is 4.65. The van der Waals surface area contributed by atoms with Gasteiger partial charge in [0.2, 0.25) is 12.0 Å². The highest BCUT2D eigenvalue weighted by atomic mass is 19.1. The van der Waals surface area contributed by atoms with Gasteiger partial charge in [0.15, 0.2) is 5.82 Å². The third-order valence-electron chi connectivity index (χ3n) is 6.64. The number of halogens is 2. The van der Waals surface area contributed by atoms with Gasteiger partial charge >= 0.3 is 0 Å². The zero-order valence-electron chi connectivity index (χ0n) is 21.3. The Balaban J connectivity index is 1.39. The molecule has 2 aliphatic rings. The largest absolute Gasteiger partial charge is 0.474 e. The van der Waals surface area contributed by atoms with Gasteiger partial charge in [-0.05, 0) is 37.3 Å². The quantitative estimate of drug-likeness (QED) is 0.341. The van der Waals surface area contributed by atoms with E-state index in [1.807, 2.05) is 13.0 Å². The number of carbonyl (C=O) groups is 2. The second-order valence-electron chi connectivity index (χ2n) is 9.47. The molecule has 1 aromatic heterocycles. The molecule has 3 N–H and O–H groups in total. The topological polar surface area (TPSA) is 110 Å². The molecule has 0 aliphatic carbocycles. The number of aromatic nitrogens is 2. The molecule has 0 bridgehead atoms. The van der Waals surface area contributed by atoms with E-state index in [2.05, 4.69) is 26.0 Å². The molecule has 3 aromatic carbocycles. The number of nitrogens with zero attached hydrogens (tertiary/aromatic N) is 3. The van der Waals surface area contributed by atoms with Crippen LogP contribution in [0.25, 0.3) is 0 Å². The van der Waals surface area contributed by atoms with Crippen LogP contribution < -0.4 is 20.7 Å². The van der Waals surface area contributed by atoms with Gasteiger partial charge in [-0.3, -0.25) is 9.59 Å². The average molecular weight is 543 g/mol.